The summed E-state index contributed by atoms with van der Waals surface area (Å²) in [5.74, 6) is 2.20. The summed E-state index contributed by atoms with van der Waals surface area (Å²) in [6, 6.07) is 29.8. The van der Waals surface area contributed by atoms with Crippen LogP contribution in [-0.4, -0.2) is 64.3 Å². The number of esters is 3. The Morgan fingerprint density at radius 3 is 1.18 bits per heavy atom. The van der Waals surface area contributed by atoms with E-state index < -0.39 is 11.9 Å². The molecule has 0 unspecified atom stereocenters. The molecule has 4 rings (SSSR count). The lowest BCUT2D eigenvalue weighted by Gasteiger charge is -2.11. The van der Waals surface area contributed by atoms with E-state index in [-0.39, 0.29) is 26.0 Å². The van der Waals surface area contributed by atoms with Crippen LogP contribution in [0.1, 0.15) is 48.9 Å². The summed E-state index contributed by atoms with van der Waals surface area (Å²) in [7, 11) is 0. The van der Waals surface area contributed by atoms with Crippen LogP contribution >= 0.6 is 0 Å². The molecule has 4 aromatic carbocycles. The van der Waals surface area contributed by atoms with E-state index in [0.29, 0.717) is 67.8 Å². The van der Waals surface area contributed by atoms with Crippen molar-refractivity contribution in [1.29, 1.82) is 0 Å². The normalized spacial score (nSPS) is 10.4. The fourth-order valence-corrected chi connectivity index (χ4v) is 4.93. The third-order valence-corrected chi connectivity index (χ3v) is 7.88. The first-order chi connectivity index (χ1) is 26.9. The average molecular weight is 753 g/mol. The maximum atomic E-state index is 12.3. The second kappa shape index (κ2) is 24.2. The highest BCUT2D eigenvalue weighted by Gasteiger charge is 2.08. The summed E-state index contributed by atoms with van der Waals surface area (Å²) in [5, 5.41) is 0. The maximum absolute atomic E-state index is 12.3. The van der Waals surface area contributed by atoms with E-state index in [0.717, 1.165) is 54.7 Å². The molecule has 0 aliphatic rings. The fourth-order valence-electron chi connectivity index (χ4n) is 4.93. The SMILES string of the molecule is C=CC(=O)OCCCOc1ccc(OCOc2ccc(-c3ccc(OCCCCCCOC(=O)c4ccc(OCCCOC(=O)C=C)cc4)cc3)cc2)cc1. The smallest absolute Gasteiger partial charge is 0.338 e. The van der Waals surface area contributed by atoms with Gasteiger partial charge >= 0.3 is 17.9 Å². The molecule has 0 saturated carbocycles. The third-order valence-electron chi connectivity index (χ3n) is 7.88. The maximum Gasteiger partial charge on any atom is 0.338 e. The second-order valence-electron chi connectivity index (χ2n) is 12.0. The van der Waals surface area contributed by atoms with Crippen molar-refractivity contribution in [2.75, 3.05) is 46.4 Å². The molecule has 0 amide bonds. The molecule has 4 aromatic rings. The summed E-state index contributed by atoms with van der Waals surface area (Å²) < 4.78 is 43.8. The lowest BCUT2D eigenvalue weighted by Crippen LogP contribution is -2.08. The van der Waals surface area contributed by atoms with Gasteiger partial charge in [-0.2, -0.15) is 0 Å². The topological polar surface area (TPSA) is 125 Å². The first-order valence-electron chi connectivity index (χ1n) is 18.2. The van der Waals surface area contributed by atoms with Gasteiger partial charge in [0, 0.05) is 25.0 Å². The van der Waals surface area contributed by atoms with Gasteiger partial charge in [0.25, 0.3) is 0 Å². The number of carbonyl (C=O) groups is 3. The minimum atomic E-state index is -0.458. The largest absolute Gasteiger partial charge is 0.494 e. The Balaban J connectivity index is 1.02. The molecule has 0 atom stereocenters. The first kappa shape index (κ1) is 41.5. The standard InChI is InChI=1S/C44H48O11/c1-3-42(45)51-31-9-29-49-38-21-15-36(16-22-38)44(47)53-28-8-6-5-7-27-48-37-17-11-34(12-18-37)35-13-19-40(20-14-35)54-33-55-41-25-23-39(24-26-41)50-30-10-32-52-43(46)4-2/h3-4,11-26H,1-2,5-10,27-33H2. The van der Waals surface area contributed by atoms with Gasteiger partial charge in [-0.15, -0.1) is 0 Å². The fraction of sp³-hybridized carbons (Fsp3) is 0.295. The highest BCUT2D eigenvalue weighted by Crippen LogP contribution is 2.25. The van der Waals surface area contributed by atoms with Gasteiger partial charge in [-0.3, -0.25) is 0 Å². The number of unbranched alkanes of at least 4 members (excludes halogenated alkanes) is 3. The van der Waals surface area contributed by atoms with Crippen LogP contribution in [-0.2, 0) is 23.8 Å². The summed E-state index contributed by atoms with van der Waals surface area (Å²) >= 11 is 0. The van der Waals surface area contributed by atoms with Crippen LogP contribution in [0.3, 0.4) is 0 Å². The van der Waals surface area contributed by atoms with Crippen molar-refractivity contribution in [3.63, 3.8) is 0 Å². The minimum absolute atomic E-state index is 0.0576. The van der Waals surface area contributed by atoms with Crippen LogP contribution in [0.2, 0.25) is 0 Å². The quantitative estimate of drug-likeness (QED) is 0.0201. The van der Waals surface area contributed by atoms with E-state index in [1.165, 1.54) is 0 Å². The number of ether oxygens (including phenoxy) is 8. The molecule has 11 heteroatoms. The van der Waals surface area contributed by atoms with E-state index in [1.807, 2.05) is 48.5 Å². The molecule has 0 spiro atoms. The van der Waals surface area contributed by atoms with Crippen molar-refractivity contribution >= 4 is 17.9 Å². The predicted octanol–water partition coefficient (Wildman–Crippen LogP) is 8.56. The number of carbonyl (C=O) groups excluding carboxylic acids is 3. The lowest BCUT2D eigenvalue weighted by atomic mass is 10.1. The van der Waals surface area contributed by atoms with Crippen molar-refractivity contribution in [3.05, 3.63) is 128 Å². The van der Waals surface area contributed by atoms with Gasteiger partial charge in [0.2, 0.25) is 6.79 Å². The van der Waals surface area contributed by atoms with Crippen LogP contribution in [0.5, 0.6) is 28.7 Å². The molecule has 0 radical (unpaired) electrons. The van der Waals surface area contributed by atoms with Gasteiger partial charge in [-0.25, -0.2) is 14.4 Å². The molecular weight excluding hydrogens is 704 g/mol. The molecule has 0 aliphatic carbocycles. The van der Waals surface area contributed by atoms with Crippen molar-refractivity contribution in [1.82, 2.24) is 0 Å². The van der Waals surface area contributed by atoms with Crippen molar-refractivity contribution in [3.8, 4) is 39.9 Å². The Kier molecular flexibility index (Phi) is 18.2. The molecule has 0 aromatic heterocycles. The van der Waals surface area contributed by atoms with Crippen LogP contribution in [0.4, 0.5) is 0 Å². The van der Waals surface area contributed by atoms with Gasteiger partial charge in [0.15, 0.2) is 0 Å². The highest BCUT2D eigenvalue weighted by molar-refractivity contribution is 5.89. The molecule has 0 N–H and O–H groups in total. The number of hydrogen-bond acceptors (Lipinski definition) is 11. The number of rotatable bonds is 26. The van der Waals surface area contributed by atoms with Crippen LogP contribution in [0.15, 0.2) is 122 Å². The minimum Gasteiger partial charge on any atom is -0.494 e. The zero-order valence-electron chi connectivity index (χ0n) is 31.0. The van der Waals surface area contributed by atoms with E-state index in [2.05, 4.69) is 13.2 Å². The molecule has 0 bridgehead atoms. The van der Waals surface area contributed by atoms with E-state index in [1.54, 1.807) is 48.5 Å². The Labute approximate surface area is 322 Å². The van der Waals surface area contributed by atoms with E-state index in [4.69, 9.17) is 37.9 Å². The Morgan fingerprint density at radius 2 is 0.745 bits per heavy atom. The predicted molar refractivity (Wildman–Crippen MR) is 208 cm³/mol. The lowest BCUT2D eigenvalue weighted by molar-refractivity contribution is -0.138. The van der Waals surface area contributed by atoms with Crippen LogP contribution < -0.4 is 23.7 Å². The molecule has 55 heavy (non-hydrogen) atoms. The highest BCUT2D eigenvalue weighted by atomic mass is 16.7. The summed E-state index contributed by atoms with van der Waals surface area (Å²) in [6.07, 6.45) is 6.96. The van der Waals surface area contributed by atoms with Crippen LogP contribution in [0, 0.1) is 0 Å². The monoisotopic (exact) mass is 752 g/mol. The van der Waals surface area contributed by atoms with E-state index >= 15 is 0 Å². The van der Waals surface area contributed by atoms with Gasteiger partial charge in [0.1, 0.15) is 28.7 Å². The van der Waals surface area contributed by atoms with Crippen molar-refractivity contribution in [2.45, 2.75) is 38.5 Å². The van der Waals surface area contributed by atoms with Crippen molar-refractivity contribution < 1.29 is 52.3 Å². The second-order valence-corrected chi connectivity index (χ2v) is 12.0. The zero-order chi connectivity index (χ0) is 38.9. The van der Waals surface area contributed by atoms with Gasteiger partial charge in [0.05, 0.1) is 45.2 Å². The van der Waals surface area contributed by atoms with Gasteiger partial charge in [-0.1, -0.05) is 37.4 Å². The molecule has 290 valence electrons. The molecular formula is C44H48O11. The van der Waals surface area contributed by atoms with Crippen LogP contribution in [0.25, 0.3) is 11.1 Å². The molecule has 0 fully saturated rings. The Bertz CT molecular complexity index is 1750. The summed E-state index contributed by atoms with van der Waals surface area (Å²) in [6.45, 7) is 9.06. The molecule has 11 nitrogen and oxygen atoms in total. The Hall–Kier alpha value is -6.23. The number of benzene rings is 4. The molecule has 0 heterocycles. The average Bonchev–Trinajstić information content (AvgIpc) is 3.22. The zero-order valence-corrected chi connectivity index (χ0v) is 31.0. The van der Waals surface area contributed by atoms with Gasteiger partial charge in [-0.05, 0) is 110 Å². The molecule has 0 aliphatic heterocycles. The summed E-state index contributed by atoms with van der Waals surface area (Å²) in [5.41, 5.74) is 2.58. The summed E-state index contributed by atoms with van der Waals surface area (Å²) in [4.78, 5) is 34.4. The van der Waals surface area contributed by atoms with E-state index in [9.17, 15) is 14.4 Å². The third kappa shape index (κ3) is 16.1. The number of hydrogen-bond donors (Lipinski definition) is 0. The Morgan fingerprint density at radius 1 is 0.400 bits per heavy atom. The first-order valence-corrected chi connectivity index (χ1v) is 18.2. The van der Waals surface area contributed by atoms with Crippen molar-refractivity contribution in [2.24, 2.45) is 0 Å². The molecule has 0 saturated heterocycles. The van der Waals surface area contributed by atoms with Gasteiger partial charge < -0.3 is 37.9 Å².